The van der Waals surface area contributed by atoms with Gasteiger partial charge in [0.15, 0.2) is 0 Å². The van der Waals surface area contributed by atoms with Crippen molar-refractivity contribution >= 4 is 16.8 Å². The number of nitrogens with one attached hydrogen (secondary N) is 2. The van der Waals surface area contributed by atoms with Crippen molar-refractivity contribution in [1.29, 1.82) is 0 Å². The van der Waals surface area contributed by atoms with E-state index >= 15 is 0 Å². The summed E-state index contributed by atoms with van der Waals surface area (Å²) in [5, 5.41) is 7.37. The number of unbranched alkanes of at least 4 members (excludes halogenated alkanes) is 1. The molecule has 0 aliphatic rings. The third-order valence-electron chi connectivity index (χ3n) is 2.85. The predicted molar refractivity (Wildman–Crippen MR) is 73.9 cm³/mol. The molecule has 2 aromatic rings. The normalized spacial score (nSPS) is 10.1. The number of nitrogens with zero attached hydrogens (tertiary/aromatic N) is 3. The quantitative estimate of drug-likeness (QED) is 0.354. The summed E-state index contributed by atoms with van der Waals surface area (Å²) in [6.45, 7) is 1.06. The lowest BCUT2D eigenvalue weighted by Crippen LogP contribution is -2.24. The fourth-order valence-corrected chi connectivity index (χ4v) is 1.85. The first-order valence-corrected chi connectivity index (χ1v) is 6.17. The van der Waals surface area contributed by atoms with Gasteiger partial charge in [-0.25, -0.2) is 0 Å². The molecule has 0 spiro atoms. The number of azide groups is 1. The van der Waals surface area contributed by atoms with Crippen molar-refractivity contribution in [3.8, 4) is 0 Å². The maximum absolute atomic E-state index is 11.9. The van der Waals surface area contributed by atoms with E-state index in [1.807, 2.05) is 30.5 Å². The molecule has 6 nitrogen and oxygen atoms in total. The smallest absolute Gasteiger partial charge is 0.251 e. The molecule has 6 heteroatoms. The van der Waals surface area contributed by atoms with Gasteiger partial charge >= 0.3 is 0 Å². The minimum absolute atomic E-state index is 0.0831. The Morgan fingerprint density at radius 1 is 1.37 bits per heavy atom. The molecular formula is C13H15N5O. The van der Waals surface area contributed by atoms with E-state index in [1.54, 1.807) is 0 Å². The van der Waals surface area contributed by atoms with E-state index in [0.717, 1.165) is 23.7 Å². The summed E-state index contributed by atoms with van der Waals surface area (Å²) in [5.41, 5.74) is 9.71. The lowest BCUT2D eigenvalue weighted by molar-refractivity contribution is 0.0953. The van der Waals surface area contributed by atoms with Gasteiger partial charge in [-0.2, -0.15) is 0 Å². The van der Waals surface area contributed by atoms with Crippen LogP contribution in [0.5, 0.6) is 0 Å². The van der Waals surface area contributed by atoms with Crippen LogP contribution in [0, 0.1) is 0 Å². The fourth-order valence-electron chi connectivity index (χ4n) is 1.85. The second-order valence-electron chi connectivity index (χ2n) is 4.20. The molecular weight excluding hydrogens is 242 g/mol. The molecule has 0 saturated carbocycles. The molecule has 2 rings (SSSR count). The molecule has 0 unspecified atom stereocenters. The molecule has 1 aromatic heterocycles. The number of amides is 1. The zero-order chi connectivity index (χ0) is 13.5. The second kappa shape index (κ2) is 6.47. The number of carbonyl (C=O) groups excluding carboxylic acids is 1. The van der Waals surface area contributed by atoms with Crippen LogP contribution in [0.3, 0.4) is 0 Å². The molecule has 1 aromatic carbocycles. The minimum atomic E-state index is -0.0831. The summed E-state index contributed by atoms with van der Waals surface area (Å²) in [7, 11) is 0. The molecule has 0 radical (unpaired) electrons. The molecule has 0 atom stereocenters. The maximum Gasteiger partial charge on any atom is 0.251 e. The van der Waals surface area contributed by atoms with Gasteiger partial charge in [0.05, 0.1) is 0 Å². The van der Waals surface area contributed by atoms with Crippen LogP contribution in [0.1, 0.15) is 23.2 Å². The standard InChI is InChI=1S/C13H15N5O/c14-18-17-7-2-1-6-16-13(19)11-4-3-10-5-8-15-12(10)9-11/h3-5,8-9,15H,1-2,6-7H2,(H,16,19). The van der Waals surface area contributed by atoms with Crippen LogP contribution >= 0.6 is 0 Å². The lowest BCUT2D eigenvalue weighted by atomic mass is 10.1. The third-order valence-corrected chi connectivity index (χ3v) is 2.85. The summed E-state index contributed by atoms with van der Waals surface area (Å²) in [6, 6.07) is 7.53. The Hall–Kier alpha value is -2.46. The van der Waals surface area contributed by atoms with E-state index in [0.29, 0.717) is 18.7 Å². The lowest BCUT2D eigenvalue weighted by Gasteiger charge is -2.04. The zero-order valence-corrected chi connectivity index (χ0v) is 10.5. The van der Waals surface area contributed by atoms with Gasteiger partial charge in [-0.1, -0.05) is 11.2 Å². The van der Waals surface area contributed by atoms with E-state index in [-0.39, 0.29) is 5.91 Å². The summed E-state index contributed by atoms with van der Waals surface area (Å²) in [6.07, 6.45) is 3.43. The fraction of sp³-hybridized carbons (Fsp3) is 0.308. The number of aromatic amines is 1. The van der Waals surface area contributed by atoms with Gasteiger partial charge in [0.2, 0.25) is 0 Å². The number of carbonyl (C=O) groups is 1. The number of H-pyrrole nitrogens is 1. The number of hydrogen-bond donors (Lipinski definition) is 2. The monoisotopic (exact) mass is 257 g/mol. The highest BCUT2D eigenvalue weighted by atomic mass is 16.1. The molecule has 1 amide bonds. The number of fused-ring (bicyclic) bond motifs is 1. The van der Waals surface area contributed by atoms with Gasteiger partial charge in [0.1, 0.15) is 0 Å². The average Bonchev–Trinajstić information content (AvgIpc) is 2.89. The Kier molecular flexibility index (Phi) is 4.42. The van der Waals surface area contributed by atoms with Crippen molar-refractivity contribution in [2.45, 2.75) is 12.8 Å². The molecule has 0 saturated heterocycles. The summed E-state index contributed by atoms with van der Waals surface area (Å²) < 4.78 is 0. The second-order valence-corrected chi connectivity index (χ2v) is 4.20. The van der Waals surface area contributed by atoms with Crippen molar-refractivity contribution in [2.24, 2.45) is 5.11 Å². The van der Waals surface area contributed by atoms with E-state index in [9.17, 15) is 4.79 Å². The van der Waals surface area contributed by atoms with Gasteiger partial charge < -0.3 is 10.3 Å². The molecule has 0 aliphatic heterocycles. The highest BCUT2D eigenvalue weighted by Gasteiger charge is 2.05. The van der Waals surface area contributed by atoms with E-state index in [1.165, 1.54) is 0 Å². The maximum atomic E-state index is 11.9. The van der Waals surface area contributed by atoms with Crippen LogP contribution in [-0.4, -0.2) is 24.0 Å². The molecule has 0 aliphatic carbocycles. The minimum Gasteiger partial charge on any atom is -0.361 e. The summed E-state index contributed by atoms with van der Waals surface area (Å²) in [5.74, 6) is -0.0831. The Bertz CT molecular complexity index is 612. The Morgan fingerprint density at radius 2 is 2.26 bits per heavy atom. The number of rotatable bonds is 6. The molecule has 0 fully saturated rings. The van der Waals surface area contributed by atoms with E-state index in [2.05, 4.69) is 20.3 Å². The van der Waals surface area contributed by atoms with Gasteiger partial charge in [0, 0.05) is 35.3 Å². The van der Waals surface area contributed by atoms with Gasteiger partial charge in [-0.05, 0) is 42.0 Å². The van der Waals surface area contributed by atoms with Crippen LogP contribution in [0.25, 0.3) is 21.3 Å². The number of benzene rings is 1. The first-order valence-electron chi connectivity index (χ1n) is 6.17. The van der Waals surface area contributed by atoms with Crippen molar-refractivity contribution in [1.82, 2.24) is 10.3 Å². The Balaban J connectivity index is 1.83. The highest BCUT2D eigenvalue weighted by molar-refractivity contribution is 5.97. The number of aromatic nitrogens is 1. The SMILES string of the molecule is [N-]=[N+]=NCCCCNC(=O)c1ccc2cc[nH]c2c1. The van der Waals surface area contributed by atoms with Gasteiger partial charge in [-0.15, -0.1) is 0 Å². The van der Waals surface area contributed by atoms with Crippen molar-refractivity contribution in [2.75, 3.05) is 13.1 Å². The zero-order valence-electron chi connectivity index (χ0n) is 10.5. The van der Waals surface area contributed by atoms with Crippen LogP contribution in [-0.2, 0) is 0 Å². The van der Waals surface area contributed by atoms with Crippen LogP contribution < -0.4 is 5.32 Å². The van der Waals surface area contributed by atoms with Crippen LogP contribution in [0.15, 0.2) is 35.6 Å². The largest absolute Gasteiger partial charge is 0.361 e. The van der Waals surface area contributed by atoms with E-state index < -0.39 is 0 Å². The average molecular weight is 257 g/mol. The molecule has 98 valence electrons. The van der Waals surface area contributed by atoms with Crippen molar-refractivity contribution in [3.63, 3.8) is 0 Å². The van der Waals surface area contributed by atoms with Crippen LogP contribution in [0.2, 0.25) is 0 Å². The summed E-state index contributed by atoms with van der Waals surface area (Å²) in [4.78, 5) is 17.6. The summed E-state index contributed by atoms with van der Waals surface area (Å²) >= 11 is 0. The number of hydrogen-bond acceptors (Lipinski definition) is 2. The Labute approximate surface area is 110 Å². The third kappa shape index (κ3) is 3.50. The molecule has 2 N–H and O–H groups in total. The van der Waals surface area contributed by atoms with Gasteiger partial charge in [-0.3, -0.25) is 4.79 Å². The first kappa shape index (κ1) is 13.0. The van der Waals surface area contributed by atoms with Gasteiger partial charge in [0.25, 0.3) is 5.91 Å². The van der Waals surface area contributed by atoms with Crippen LogP contribution in [0.4, 0.5) is 0 Å². The predicted octanol–water partition coefficient (Wildman–Crippen LogP) is 2.99. The molecule has 1 heterocycles. The first-order chi connectivity index (χ1) is 9.31. The molecule has 0 bridgehead atoms. The van der Waals surface area contributed by atoms with Crippen molar-refractivity contribution < 1.29 is 4.79 Å². The topological polar surface area (TPSA) is 93.7 Å². The molecule has 19 heavy (non-hydrogen) atoms. The Morgan fingerprint density at radius 3 is 3.11 bits per heavy atom. The van der Waals surface area contributed by atoms with Crippen molar-refractivity contribution in [3.05, 3.63) is 46.5 Å². The highest BCUT2D eigenvalue weighted by Crippen LogP contribution is 2.13. The van der Waals surface area contributed by atoms with E-state index in [4.69, 9.17) is 5.53 Å².